The molecule has 2 N–H and O–H groups in total. The molecule has 1 aliphatic carbocycles. The highest BCUT2D eigenvalue weighted by atomic mass is 16.6. The van der Waals surface area contributed by atoms with Gasteiger partial charge in [0.1, 0.15) is 11.8 Å². The van der Waals surface area contributed by atoms with E-state index in [0.717, 1.165) is 4.90 Å². The van der Waals surface area contributed by atoms with Gasteiger partial charge in [0.2, 0.25) is 0 Å². The molecule has 2 aliphatic rings. The second-order valence-corrected chi connectivity index (χ2v) is 5.18. The Hall–Kier alpha value is -2.85. The molecular formula is C12H15N3O8. The number of nitrogens with zero attached hydrogens (tertiary/aromatic N) is 3. The maximum absolute atomic E-state index is 12.0. The van der Waals surface area contributed by atoms with E-state index in [9.17, 15) is 35.2 Å². The largest absolute Gasteiger partial charge is 0.512 e. The zero-order chi connectivity index (χ0) is 17.5. The van der Waals surface area contributed by atoms with E-state index in [4.69, 9.17) is 4.74 Å². The summed E-state index contributed by atoms with van der Waals surface area (Å²) < 4.78 is 4.74. The fourth-order valence-corrected chi connectivity index (χ4v) is 3.05. The lowest BCUT2D eigenvalue weighted by atomic mass is 9.74. The van der Waals surface area contributed by atoms with Gasteiger partial charge in [-0.15, -0.1) is 0 Å². The molecule has 11 nitrogen and oxygen atoms in total. The van der Waals surface area contributed by atoms with E-state index in [1.807, 2.05) is 0 Å². The maximum Gasteiger partial charge on any atom is 0.338 e. The third-order valence-electron chi connectivity index (χ3n) is 4.05. The zero-order valence-electron chi connectivity index (χ0n) is 12.3. The molecule has 0 fully saturated rings. The number of hydrogen-bond acceptors (Lipinski definition) is 9. The average Bonchev–Trinajstić information content (AvgIpc) is 2.44. The molecule has 0 saturated heterocycles. The highest BCUT2D eigenvalue weighted by molar-refractivity contribution is 5.90. The van der Waals surface area contributed by atoms with Crippen LogP contribution >= 0.6 is 0 Å². The Kier molecular flexibility index (Phi) is 4.12. The van der Waals surface area contributed by atoms with Gasteiger partial charge in [0, 0.05) is 18.4 Å². The zero-order valence-corrected chi connectivity index (χ0v) is 12.3. The average molecular weight is 329 g/mol. The first-order chi connectivity index (χ1) is 10.7. The standard InChI is InChI=1S/C12H15N3O8/c1-3-23-12(18)7-6(16)4-5-9(14(19)20)8(7)10(15(21)22)11(17)13(5)2/h5,8-9,16-17H,3-4H2,1-2H3/t5-,8-,9+/m0/s1. The molecule has 0 unspecified atom stereocenters. The van der Waals surface area contributed by atoms with Gasteiger partial charge in [-0.3, -0.25) is 20.2 Å². The Morgan fingerprint density at radius 3 is 2.48 bits per heavy atom. The van der Waals surface area contributed by atoms with E-state index >= 15 is 0 Å². The summed E-state index contributed by atoms with van der Waals surface area (Å²) in [4.78, 5) is 34.0. The van der Waals surface area contributed by atoms with E-state index < -0.39 is 56.7 Å². The van der Waals surface area contributed by atoms with Crippen LogP contribution in [0.4, 0.5) is 0 Å². The van der Waals surface area contributed by atoms with Gasteiger partial charge in [-0.1, -0.05) is 0 Å². The van der Waals surface area contributed by atoms with Gasteiger partial charge in [-0.25, -0.2) is 4.79 Å². The van der Waals surface area contributed by atoms with Gasteiger partial charge >= 0.3 is 11.7 Å². The molecule has 0 aromatic carbocycles. The molecule has 126 valence electrons. The van der Waals surface area contributed by atoms with Crippen molar-refractivity contribution in [2.45, 2.75) is 25.4 Å². The highest BCUT2D eigenvalue weighted by Crippen LogP contribution is 2.43. The topological polar surface area (TPSA) is 156 Å². The molecule has 0 aromatic heterocycles. The first kappa shape index (κ1) is 16.5. The Morgan fingerprint density at radius 2 is 2.00 bits per heavy atom. The van der Waals surface area contributed by atoms with Crippen LogP contribution in [0.25, 0.3) is 0 Å². The second-order valence-electron chi connectivity index (χ2n) is 5.18. The van der Waals surface area contributed by atoms with Crippen LogP contribution in [0.2, 0.25) is 0 Å². The molecule has 1 heterocycles. The van der Waals surface area contributed by atoms with Crippen molar-refractivity contribution in [3.63, 3.8) is 0 Å². The van der Waals surface area contributed by atoms with Crippen molar-refractivity contribution in [1.29, 1.82) is 0 Å². The number of esters is 1. The predicted molar refractivity (Wildman–Crippen MR) is 73.4 cm³/mol. The number of fused-ring (bicyclic) bond motifs is 2. The van der Waals surface area contributed by atoms with Gasteiger partial charge < -0.3 is 19.8 Å². The van der Waals surface area contributed by atoms with Crippen LogP contribution in [0.5, 0.6) is 0 Å². The Bertz CT molecular complexity index is 640. The predicted octanol–water partition coefficient (Wildman–Crippen LogP) is 0.345. The summed E-state index contributed by atoms with van der Waals surface area (Å²) in [5.41, 5.74) is -1.45. The second kappa shape index (κ2) is 5.74. The number of likely N-dealkylation sites (N-methyl/N-ethyl adjacent to an activating group) is 1. The number of ether oxygens (including phenoxy) is 1. The molecule has 0 saturated carbocycles. The Balaban J connectivity index is 2.70. The minimum Gasteiger partial charge on any atom is -0.512 e. The summed E-state index contributed by atoms with van der Waals surface area (Å²) in [6.07, 6.45) is -0.304. The van der Waals surface area contributed by atoms with Gasteiger partial charge in [-0.05, 0) is 6.92 Å². The quantitative estimate of drug-likeness (QED) is 0.421. The number of rotatable bonds is 4. The summed E-state index contributed by atoms with van der Waals surface area (Å²) in [6.45, 7) is 1.42. The molecule has 0 radical (unpaired) electrons. The SMILES string of the molecule is CCOC(=O)C1=C(O)C[C@H]2[C@@H]([N+](=O)[O-])[C@H]1C([N+](=O)[O-])=C(O)N2C. The summed E-state index contributed by atoms with van der Waals surface area (Å²) in [6, 6.07) is -2.58. The molecule has 0 spiro atoms. The van der Waals surface area contributed by atoms with Crippen molar-refractivity contribution in [1.82, 2.24) is 4.90 Å². The molecule has 3 atom stereocenters. The molecule has 0 aromatic rings. The number of aliphatic hydroxyl groups excluding tert-OH is 2. The van der Waals surface area contributed by atoms with Gasteiger partial charge in [-0.2, -0.15) is 0 Å². The van der Waals surface area contributed by atoms with Crippen LogP contribution < -0.4 is 0 Å². The number of nitro groups is 2. The smallest absolute Gasteiger partial charge is 0.338 e. The van der Waals surface area contributed by atoms with Crippen LogP contribution in [-0.2, 0) is 9.53 Å². The summed E-state index contributed by atoms with van der Waals surface area (Å²) in [5.74, 6) is -4.03. The minimum atomic E-state index is -1.69. The molecular weight excluding hydrogens is 314 g/mol. The first-order valence-corrected chi connectivity index (χ1v) is 6.75. The lowest BCUT2D eigenvalue weighted by Gasteiger charge is -2.40. The van der Waals surface area contributed by atoms with Crippen molar-refractivity contribution in [2.75, 3.05) is 13.7 Å². The third-order valence-corrected chi connectivity index (χ3v) is 4.05. The number of hydrogen-bond donors (Lipinski definition) is 2. The lowest BCUT2D eigenvalue weighted by Crippen LogP contribution is -2.58. The summed E-state index contributed by atoms with van der Waals surface area (Å²) >= 11 is 0. The van der Waals surface area contributed by atoms with Crippen molar-refractivity contribution < 1.29 is 29.6 Å². The third kappa shape index (κ3) is 2.43. The van der Waals surface area contributed by atoms with E-state index in [1.165, 1.54) is 14.0 Å². The fourth-order valence-electron chi connectivity index (χ4n) is 3.05. The normalized spacial score (nSPS) is 27.0. The summed E-state index contributed by atoms with van der Waals surface area (Å²) in [7, 11) is 1.25. The Labute approximate surface area is 129 Å². The van der Waals surface area contributed by atoms with Crippen LogP contribution in [0.1, 0.15) is 13.3 Å². The molecule has 2 rings (SSSR count). The minimum absolute atomic E-state index is 0.0711. The van der Waals surface area contributed by atoms with Crippen molar-refractivity contribution >= 4 is 5.97 Å². The van der Waals surface area contributed by atoms with Crippen LogP contribution in [0, 0.1) is 26.1 Å². The van der Waals surface area contributed by atoms with E-state index in [-0.39, 0.29) is 13.0 Å². The van der Waals surface area contributed by atoms with E-state index in [0.29, 0.717) is 0 Å². The number of carbonyl (C=O) groups is 1. The molecule has 1 aliphatic heterocycles. The monoisotopic (exact) mass is 329 g/mol. The van der Waals surface area contributed by atoms with Gasteiger partial charge in [0.15, 0.2) is 5.92 Å². The van der Waals surface area contributed by atoms with Gasteiger partial charge in [0.25, 0.3) is 11.9 Å². The van der Waals surface area contributed by atoms with Gasteiger partial charge in [0.05, 0.1) is 17.1 Å². The first-order valence-electron chi connectivity index (χ1n) is 6.75. The maximum atomic E-state index is 12.0. The van der Waals surface area contributed by atoms with E-state index in [2.05, 4.69) is 0 Å². The Morgan fingerprint density at radius 1 is 1.39 bits per heavy atom. The number of carbonyl (C=O) groups excluding carboxylic acids is 1. The number of aliphatic hydroxyl groups is 2. The van der Waals surface area contributed by atoms with Crippen molar-refractivity contribution in [3.8, 4) is 0 Å². The lowest BCUT2D eigenvalue weighted by molar-refractivity contribution is -0.551. The summed E-state index contributed by atoms with van der Waals surface area (Å²) in [5, 5.41) is 42.8. The van der Waals surface area contributed by atoms with E-state index in [1.54, 1.807) is 0 Å². The molecule has 11 heteroatoms. The van der Waals surface area contributed by atoms with Crippen molar-refractivity contribution in [2.24, 2.45) is 5.92 Å². The van der Waals surface area contributed by atoms with Crippen LogP contribution in [-0.4, -0.2) is 56.7 Å². The molecule has 0 amide bonds. The van der Waals surface area contributed by atoms with Crippen LogP contribution in [0.3, 0.4) is 0 Å². The molecule has 2 bridgehead atoms. The highest BCUT2D eigenvalue weighted by Gasteiger charge is 2.61. The molecule has 23 heavy (non-hydrogen) atoms. The fraction of sp³-hybridized carbons (Fsp3) is 0.583. The van der Waals surface area contributed by atoms with Crippen LogP contribution in [0.15, 0.2) is 22.9 Å². The van der Waals surface area contributed by atoms with Crippen molar-refractivity contribution in [3.05, 3.63) is 43.1 Å².